The van der Waals surface area contributed by atoms with Crippen LogP contribution in [-0.2, 0) is 0 Å². The molecule has 0 saturated carbocycles. The standard InChI is InChI=1S/C23H29ClN4O/c1-16-17(2)25-22(26-23(16)28-11-3-4-12-28)19-9-13-27(14-10-19)15-21(29)18-5-7-20(24)8-6-18/h5-9,21,29H,3-4,10-15H2,1-2H3. The number of β-amino-alcohol motifs (C(OH)–C–C–N with tert-alkyl or cyclic N) is 1. The predicted molar refractivity (Wildman–Crippen MR) is 118 cm³/mol. The van der Waals surface area contributed by atoms with Crippen molar-refractivity contribution in [3.05, 3.63) is 58.0 Å². The molecule has 6 heteroatoms. The highest BCUT2D eigenvalue weighted by Gasteiger charge is 2.22. The highest BCUT2D eigenvalue weighted by Crippen LogP contribution is 2.28. The SMILES string of the molecule is Cc1nc(C2=CCN(CC(O)c3ccc(Cl)cc3)CC2)nc(N2CCCC2)c1C. The lowest BCUT2D eigenvalue weighted by atomic mass is 10.0. The first-order valence-electron chi connectivity index (χ1n) is 10.5. The third-order valence-electron chi connectivity index (χ3n) is 6.04. The van der Waals surface area contributed by atoms with Crippen LogP contribution in [0.1, 0.15) is 48.0 Å². The van der Waals surface area contributed by atoms with Crippen molar-refractivity contribution in [2.75, 3.05) is 37.6 Å². The van der Waals surface area contributed by atoms with Crippen LogP contribution < -0.4 is 4.90 Å². The molecule has 0 radical (unpaired) electrons. The summed E-state index contributed by atoms with van der Waals surface area (Å²) in [5.74, 6) is 1.97. The lowest BCUT2D eigenvalue weighted by Gasteiger charge is -2.28. The van der Waals surface area contributed by atoms with Crippen LogP contribution in [0.25, 0.3) is 5.57 Å². The molecule has 2 aliphatic rings. The maximum absolute atomic E-state index is 10.5. The summed E-state index contributed by atoms with van der Waals surface area (Å²) in [6, 6.07) is 7.43. The molecular weight excluding hydrogens is 384 g/mol. The molecule has 1 aromatic heterocycles. The van der Waals surface area contributed by atoms with Crippen molar-refractivity contribution in [1.29, 1.82) is 0 Å². The van der Waals surface area contributed by atoms with Crippen LogP contribution in [0.2, 0.25) is 5.02 Å². The van der Waals surface area contributed by atoms with Gasteiger partial charge in [-0.3, -0.25) is 4.90 Å². The van der Waals surface area contributed by atoms with E-state index >= 15 is 0 Å². The number of benzene rings is 1. The van der Waals surface area contributed by atoms with E-state index in [0.29, 0.717) is 11.6 Å². The van der Waals surface area contributed by atoms with Crippen LogP contribution in [0, 0.1) is 13.8 Å². The summed E-state index contributed by atoms with van der Waals surface area (Å²) in [6.45, 7) is 8.69. The van der Waals surface area contributed by atoms with E-state index in [4.69, 9.17) is 21.6 Å². The van der Waals surface area contributed by atoms with Crippen molar-refractivity contribution in [2.24, 2.45) is 0 Å². The fraction of sp³-hybridized carbons (Fsp3) is 0.478. The van der Waals surface area contributed by atoms with E-state index in [9.17, 15) is 5.11 Å². The third kappa shape index (κ3) is 4.63. The Morgan fingerprint density at radius 2 is 1.79 bits per heavy atom. The topological polar surface area (TPSA) is 52.5 Å². The number of halogens is 1. The molecule has 0 amide bonds. The van der Waals surface area contributed by atoms with E-state index in [-0.39, 0.29) is 0 Å². The zero-order chi connectivity index (χ0) is 20.4. The number of aryl methyl sites for hydroxylation is 1. The summed E-state index contributed by atoms with van der Waals surface area (Å²) < 4.78 is 0. The van der Waals surface area contributed by atoms with Gasteiger partial charge < -0.3 is 10.0 Å². The van der Waals surface area contributed by atoms with E-state index in [1.165, 1.54) is 24.0 Å². The van der Waals surface area contributed by atoms with Gasteiger partial charge in [-0.25, -0.2) is 9.97 Å². The summed E-state index contributed by atoms with van der Waals surface area (Å²) in [7, 11) is 0. The Morgan fingerprint density at radius 1 is 1.07 bits per heavy atom. The van der Waals surface area contributed by atoms with Gasteiger partial charge in [0.1, 0.15) is 5.82 Å². The third-order valence-corrected chi connectivity index (χ3v) is 6.29. The molecule has 1 fully saturated rings. The lowest BCUT2D eigenvalue weighted by molar-refractivity contribution is 0.119. The maximum Gasteiger partial charge on any atom is 0.157 e. The summed E-state index contributed by atoms with van der Waals surface area (Å²) in [5, 5.41) is 11.2. The molecule has 1 aromatic carbocycles. The van der Waals surface area contributed by atoms with E-state index in [2.05, 4.69) is 29.7 Å². The van der Waals surface area contributed by atoms with Crippen LogP contribution >= 0.6 is 11.6 Å². The van der Waals surface area contributed by atoms with Crippen molar-refractivity contribution in [1.82, 2.24) is 14.9 Å². The second-order valence-electron chi connectivity index (χ2n) is 8.08. The number of rotatable bonds is 5. The molecule has 1 N–H and O–H groups in total. The van der Waals surface area contributed by atoms with Gasteiger partial charge in [0.2, 0.25) is 0 Å². The first kappa shape index (κ1) is 20.3. The molecular formula is C23H29ClN4O. The van der Waals surface area contributed by atoms with E-state index < -0.39 is 6.10 Å². The van der Waals surface area contributed by atoms with Crippen LogP contribution in [0.4, 0.5) is 5.82 Å². The minimum absolute atomic E-state index is 0.512. The number of anilines is 1. The first-order valence-corrected chi connectivity index (χ1v) is 10.8. The molecule has 2 aromatic rings. The monoisotopic (exact) mass is 412 g/mol. The van der Waals surface area contributed by atoms with Crippen LogP contribution in [0.3, 0.4) is 0 Å². The second kappa shape index (κ2) is 8.82. The fourth-order valence-electron chi connectivity index (χ4n) is 4.11. The summed E-state index contributed by atoms with van der Waals surface area (Å²) >= 11 is 5.94. The molecule has 154 valence electrons. The molecule has 0 aliphatic carbocycles. The first-order chi connectivity index (χ1) is 14.0. The quantitative estimate of drug-likeness (QED) is 0.798. The van der Waals surface area contributed by atoms with Gasteiger partial charge in [0.15, 0.2) is 5.82 Å². The minimum Gasteiger partial charge on any atom is -0.387 e. The molecule has 3 heterocycles. The molecule has 0 bridgehead atoms. The van der Waals surface area contributed by atoms with Gasteiger partial charge >= 0.3 is 0 Å². The Morgan fingerprint density at radius 3 is 2.45 bits per heavy atom. The number of hydrogen-bond donors (Lipinski definition) is 1. The van der Waals surface area contributed by atoms with Crippen molar-refractivity contribution >= 4 is 23.0 Å². The van der Waals surface area contributed by atoms with Crippen LogP contribution in [-0.4, -0.2) is 52.7 Å². The number of aromatic nitrogens is 2. The smallest absolute Gasteiger partial charge is 0.157 e. The Labute approximate surface area is 178 Å². The van der Waals surface area contributed by atoms with E-state index in [1.807, 2.05) is 24.3 Å². The zero-order valence-electron chi connectivity index (χ0n) is 17.2. The molecule has 29 heavy (non-hydrogen) atoms. The van der Waals surface area contributed by atoms with Crippen molar-refractivity contribution in [3.63, 3.8) is 0 Å². The zero-order valence-corrected chi connectivity index (χ0v) is 18.0. The fourth-order valence-corrected chi connectivity index (χ4v) is 4.24. The molecule has 5 nitrogen and oxygen atoms in total. The molecule has 1 atom stereocenters. The number of nitrogens with zero attached hydrogens (tertiary/aromatic N) is 4. The highest BCUT2D eigenvalue weighted by atomic mass is 35.5. The van der Waals surface area contributed by atoms with Crippen molar-refractivity contribution in [2.45, 2.75) is 39.2 Å². The Kier molecular flexibility index (Phi) is 6.18. The summed E-state index contributed by atoms with van der Waals surface area (Å²) in [5.41, 5.74) is 4.38. The average molecular weight is 413 g/mol. The normalized spacial score (nSPS) is 18.8. The molecule has 4 rings (SSSR count). The largest absolute Gasteiger partial charge is 0.387 e. The number of aliphatic hydroxyl groups excluding tert-OH is 1. The van der Waals surface area contributed by atoms with Gasteiger partial charge in [-0.1, -0.05) is 29.8 Å². The summed E-state index contributed by atoms with van der Waals surface area (Å²) in [6.07, 6.45) is 5.09. The van der Waals surface area contributed by atoms with Crippen molar-refractivity contribution < 1.29 is 5.11 Å². The number of aliphatic hydroxyl groups is 1. The van der Waals surface area contributed by atoms with E-state index in [0.717, 1.165) is 55.5 Å². The van der Waals surface area contributed by atoms with Gasteiger partial charge in [-0.15, -0.1) is 0 Å². The molecule has 1 unspecified atom stereocenters. The molecule has 1 saturated heterocycles. The van der Waals surface area contributed by atoms with Gasteiger partial charge in [0, 0.05) is 49.0 Å². The lowest BCUT2D eigenvalue weighted by Crippen LogP contribution is -2.33. The summed E-state index contributed by atoms with van der Waals surface area (Å²) in [4.78, 5) is 14.4. The second-order valence-corrected chi connectivity index (χ2v) is 8.52. The molecule has 0 spiro atoms. The van der Waals surface area contributed by atoms with Gasteiger partial charge in [-0.2, -0.15) is 0 Å². The minimum atomic E-state index is -0.512. The Hall–Kier alpha value is -1.95. The highest BCUT2D eigenvalue weighted by molar-refractivity contribution is 6.30. The van der Waals surface area contributed by atoms with Crippen molar-refractivity contribution in [3.8, 4) is 0 Å². The average Bonchev–Trinajstić information content (AvgIpc) is 3.25. The maximum atomic E-state index is 10.5. The Bertz CT molecular complexity index is 890. The predicted octanol–water partition coefficient (Wildman–Crippen LogP) is 4.17. The van der Waals surface area contributed by atoms with Crippen LogP contribution in [0.5, 0.6) is 0 Å². The van der Waals surface area contributed by atoms with Gasteiger partial charge in [0.25, 0.3) is 0 Å². The van der Waals surface area contributed by atoms with Gasteiger partial charge in [0.05, 0.1) is 6.10 Å². The molecule has 2 aliphatic heterocycles. The van der Waals surface area contributed by atoms with Crippen LogP contribution in [0.15, 0.2) is 30.3 Å². The Balaban J connectivity index is 1.45. The van der Waals surface area contributed by atoms with E-state index in [1.54, 1.807) is 0 Å². The number of hydrogen-bond acceptors (Lipinski definition) is 5. The van der Waals surface area contributed by atoms with Gasteiger partial charge in [-0.05, 0) is 56.4 Å².